The van der Waals surface area contributed by atoms with Crippen molar-refractivity contribution < 1.29 is 9.59 Å². The van der Waals surface area contributed by atoms with Crippen molar-refractivity contribution in [2.45, 2.75) is 96.8 Å². The van der Waals surface area contributed by atoms with Crippen LogP contribution in [0.5, 0.6) is 0 Å². The summed E-state index contributed by atoms with van der Waals surface area (Å²) >= 11 is 0. The van der Waals surface area contributed by atoms with E-state index in [4.69, 9.17) is 11.5 Å². The molecule has 0 saturated carbocycles. The van der Waals surface area contributed by atoms with E-state index in [0.29, 0.717) is 25.9 Å². The molecule has 25 heavy (non-hydrogen) atoms. The summed E-state index contributed by atoms with van der Waals surface area (Å²) in [6.45, 7) is 4.42. The molecule has 148 valence electrons. The third-order valence-electron chi connectivity index (χ3n) is 4.68. The number of hydrogen-bond donors (Lipinski definition) is 2. The van der Waals surface area contributed by atoms with Crippen LogP contribution in [0.2, 0.25) is 0 Å². The minimum atomic E-state index is -0.293. The van der Waals surface area contributed by atoms with E-state index in [2.05, 4.69) is 11.8 Å². The van der Waals surface area contributed by atoms with Gasteiger partial charge in [-0.2, -0.15) is 0 Å². The summed E-state index contributed by atoms with van der Waals surface area (Å²) in [5, 5.41) is 0. The molecule has 0 aliphatic heterocycles. The molecule has 5 heteroatoms. The summed E-state index contributed by atoms with van der Waals surface area (Å²) in [4.78, 5) is 24.0. The lowest BCUT2D eigenvalue weighted by Crippen LogP contribution is -2.32. The highest BCUT2D eigenvalue weighted by atomic mass is 16.1. The van der Waals surface area contributed by atoms with Crippen LogP contribution in [-0.2, 0) is 9.59 Å². The first-order valence-electron chi connectivity index (χ1n) is 10.3. The molecule has 0 aliphatic rings. The Morgan fingerprint density at radius 3 is 1.32 bits per heavy atom. The molecule has 0 bridgehead atoms. The number of amides is 2. The van der Waals surface area contributed by atoms with Crippen molar-refractivity contribution in [3.8, 4) is 0 Å². The number of rotatable bonds is 19. The smallest absolute Gasteiger partial charge is 0.218 e. The largest absolute Gasteiger partial charge is 0.370 e. The van der Waals surface area contributed by atoms with Crippen molar-refractivity contribution >= 4 is 11.8 Å². The highest BCUT2D eigenvalue weighted by Crippen LogP contribution is 2.12. The fourth-order valence-corrected chi connectivity index (χ4v) is 3.05. The fraction of sp³-hybridized carbons (Fsp3) is 0.900. The van der Waals surface area contributed by atoms with Crippen LogP contribution in [0.4, 0.5) is 0 Å². The third kappa shape index (κ3) is 19.1. The maximum Gasteiger partial charge on any atom is 0.218 e. The predicted molar refractivity (Wildman–Crippen MR) is 105 cm³/mol. The molecule has 0 saturated heterocycles. The minimum Gasteiger partial charge on any atom is -0.370 e. The second-order valence-electron chi connectivity index (χ2n) is 7.16. The van der Waals surface area contributed by atoms with E-state index in [9.17, 15) is 9.59 Å². The van der Waals surface area contributed by atoms with Gasteiger partial charge in [0.15, 0.2) is 0 Å². The summed E-state index contributed by atoms with van der Waals surface area (Å²) in [6, 6.07) is 0. The van der Waals surface area contributed by atoms with Crippen molar-refractivity contribution in [2.75, 3.05) is 19.6 Å². The van der Waals surface area contributed by atoms with Gasteiger partial charge < -0.3 is 16.4 Å². The summed E-state index contributed by atoms with van der Waals surface area (Å²) in [7, 11) is 0. The van der Waals surface area contributed by atoms with Crippen LogP contribution in [0.15, 0.2) is 0 Å². The first kappa shape index (κ1) is 23.9. The Hall–Kier alpha value is -1.10. The van der Waals surface area contributed by atoms with Gasteiger partial charge in [0.2, 0.25) is 11.8 Å². The van der Waals surface area contributed by atoms with E-state index in [0.717, 1.165) is 13.0 Å². The molecule has 0 rings (SSSR count). The maximum absolute atomic E-state index is 10.9. The van der Waals surface area contributed by atoms with Crippen LogP contribution in [0, 0.1) is 0 Å². The normalized spacial score (nSPS) is 11.1. The molecule has 2 amide bonds. The van der Waals surface area contributed by atoms with Gasteiger partial charge in [0.1, 0.15) is 0 Å². The number of primary amides is 2. The second-order valence-corrected chi connectivity index (χ2v) is 7.16. The molecular weight excluding hydrogens is 314 g/mol. The predicted octanol–water partition coefficient (Wildman–Crippen LogP) is 3.74. The van der Waals surface area contributed by atoms with Crippen LogP contribution in [-0.4, -0.2) is 36.3 Å². The maximum atomic E-state index is 10.9. The molecule has 4 N–H and O–H groups in total. The van der Waals surface area contributed by atoms with E-state index in [1.165, 1.54) is 70.6 Å². The average molecular weight is 356 g/mol. The van der Waals surface area contributed by atoms with Gasteiger partial charge in [-0.05, 0) is 13.0 Å². The molecule has 0 unspecified atom stereocenters. The molecular formula is C20H41N3O2. The van der Waals surface area contributed by atoms with Crippen molar-refractivity contribution in [3.05, 3.63) is 0 Å². The number of carbonyl (C=O) groups is 2. The zero-order valence-corrected chi connectivity index (χ0v) is 16.4. The van der Waals surface area contributed by atoms with E-state index in [-0.39, 0.29) is 11.8 Å². The van der Waals surface area contributed by atoms with Gasteiger partial charge in [0.25, 0.3) is 0 Å². The number of nitrogens with two attached hydrogens (primary N) is 2. The van der Waals surface area contributed by atoms with E-state index >= 15 is 0 Å². The summed E-state index contributed by atoms with van der Waals surface area (Å²) in [6.07, 6.45) is 16.6. The van der Waals surface area contributed by atoms with Gasteiger partial charge in [0, 0.05) is 25.9 Å². The monoisotopic (exact) mass is 355 g/mol. The zero-order valence-electron chi connectivity index (χ0n) is 16.4. The van der Waals surface area contributed by atoms with Crippen LogP contribution >= 0.6 is 0 Å². The molecule has 5 nitrogen and oxygen atoms in total. The van der Waals surface area contributed by atoms with Gasteiger partial charge in [-0.1, -0.05) is 77.6 Å². The lowest BCUT2D eigenvalue weighted by Gasteiger charge is -2.20. The van der Waals surface area contributed by atoms with Gasteiger partial charge in [-0.15, -0.1) is 0 Å². The lowest BCUT2D eigenvalue weighted by atomic mass is 10.1. The van der Waals surface area contributed by atoms with E-state index < -0.39 is 0 Å². The molecule has 0 aromatic carbocycles. The Bertz CT molecular complexity index is 317. The van der Waals surface area contributed by atoms with Gasteiger partial charge in [-0.3, -0.25) is 9.59 Å². The van der Waals surface area contributed by atoms with Crippen molar-refractivity contribution in [1.82, 2.24) is 4.90 Å². The van der Waals surface area contributed by atoms with Crippen LogP contribution in [0.3, 0.4) is 0 Å². The summed E-state index contributed by atoms with van der Waals surface area (Å²) in [5.41, 5.74) is 10.4. The van der Waals surface area contributed by atoms with E-state index in [1.807, 2.05) is 0 Å². The van der Waals surface area contributed by atoms with Crippen LogP contribution in [0.1, 0.15) is 96.8 Å². The molecule has 0 radical (unpaired) electrons. The Balaban J connectivity index is 3.53. The molecule has 0 heterocycles. The Kier molecular flexibility index (Phi) is 16.9. The molecule has 0 spiro atoms. The summed E-state index contributed by atoms with van der Waals surface area (Å²) < 4.78 is 0. The Labute approximate surface area is 154 Å². The lowest BCUT2D eigenvalue weighted by molar-refractivity contribution is -0.118. The molecule has 0 aliphatic carbocycles. The highest BCUT2D eigenvalue weighted by molar-refractivity contribution is 5.74. The second kappa shape index (κ2) is 17.7. The number of unbranched alkanes of at least 4 members (excludes halogenated alkanes) is 11. The minimum absolute atomic E-state index is 0.293. The standard InChI is InChI=1S/C20H41N3O2/c1-2-3-4-5-6-7-8-9-10-11-12-13-16-23(17-14-19(21)24)18-15-20(22)25/h2-18H2,1H3,(H2,21,24)(H2,22,25). The van der Waals surface area contributed by atoms with Crippen LogP contribution in [0.25, 0.3) is 0 Å². The summed E-state index contributed by atoms with van der Waals surface area (Å²) in [5.74, 6) is -0.586. The van der Waals surface area contributed by atoms with Crippen molar-refractivity contribution in [2.24, 2.45) is 11.5 Å². The van der Waals surface area contributed by atoms with E-state index in [1.54, 1.807) is 0 Å². The highest BCUT2D eigenvalue weighted by Gasteiger charge is 2.08. The van der Waals surface area contributed by atoms with Crippen molar-refractivity contribution in [1.29, 1.82) is 0 Å². The van der Waals surface area contributed by atoms with Gasteiger partial charge >= 0.3 is 0 Å². The fourth-order valence-electron chi connectivity index (χ4n) is 3.05. The van der Waals surface area contributed by atoms with Gasteiger partial charge in [0.05, 0.1) is 0 Å². The number of nitrogens with zero attached hydrogens (tertiary/aromatic N) is 1. The molecule has 0 aromatic heterocycles. The molecule has 0 aromatic rings. The number of hydrogen-bond acceptors (Lipinski definition) is 3. The third-order valence-corrected chi connectivity index (χ3v) is 4.68. The topological polar surface area (TPSA) is 89.4 Å². The first-order chi connectivity index (χ1) is 12.1. The van der Waals surface area contributed by atoms with Gasteiger partial charge in [-0.25, -0.2) is 0 Å². The SMILES string of the molecule is CCCCCCCCCCCCCCN(CCC(N)=O)CCC(N)=O. The quantitative estimate of drug-likeness (QED) is 0.346. The zero-order chi connectivity index (χ0) is 18.8. The Morgan fingerprint density at radius 2 is 0.960 bits per heavy atom. The average Bonchev–Trinajstić information content (AvgIpc) is 2.57. The Morgan fingerprint density at radius 1 is 0.600 bits per heavy atom. The van der Waals surface area contributed by atoms with Crippen molar-refractivity contribution in [3.63, 3.8) is 0 Å². The molecule has 0 atom stereocenters. The van der Waals surface area contributed by atoms with Crippen LogP contribution < -0.4 is 11.5 Å². The number of carbonyl (C=O) groups excluding carboxylic acids is 2. The molecule has 0 fully saturated rings. The first-order valence-corrected chi connectivity index (χ1v) is 10.3.